The zero-order chi connectivity index (χ0) is 9.14. The Balaban J connectivity index is 2.90. The van der Waals surface area contributed by atoms with E-state index >= 15 is 0 Å². The average molecular weight is 231 g/mol. The van der Waals surface area contributed by atoms with Gasteiger partial charge >= 0.3 is 0 Å². The van der Waals surface area contributed by atoms with Gasteiger partial charge in [0.25, 0.3) is 0 Å². The summed E-state index contributed by atoms with van der Waals surface area (Å²) in [6.07, 6.45) is 0.165. The van der Waals surface area contributed by atoms with Crippen molar-refractivity contribution in [1.82, 2.24) is 0 Å². The predicted molar refractivity (Wildman–Crippen MR) is 51.2 cm³/mol. The first-order chi connectivity index (χ1) is 5.59. The molecular weight excluding hydrogens is 220 g/mol. The Morgan fingerprint density at radius 2 is 2.17 bits per heavy atom. The van der Waals surface area contributed by atoms with Crippen molar-refractivity contribution in [2.24, 2.45) is 0 Å². The summed E-state index contributed by atoms with van der Waals surface area (Å²) in [6, 6.07) is 5.03. The molecule has 3 heteroatoms. The Kier molecular flexibility index (Phi) is 3.12. The molecule has 0 aromatic heterocycles. The smallest absolute Gasteiger partial charge is 0.115 e. The van der Waals surface area contributed by atoms with Gasteiger partial charge in [-0.1, -0.05) is 15.9 Å². The number of aliphatic hydroxyl groups is 1. The van der Waals surface area contributed by atoms with E-state index in [-0.39, 0.29) is 11.9 Å². The molecule has 0 aliphatic rings. The van der Waals surface area contributed by atoms with Gasteiger partial charge < -0.3 is 10.2 Å². The molecule has 0 fully saturated rings. The second-order valence-electron chi connectivity index (χ2n) is 2.83. The lowest BCUT2D eigenvalue weighted by molar-refractivity contribution is 0.195. The van der Waals surface area contributed by atoms with Gasteiger partial charge in [-0.05, 0) is 37.1 Å². The third kappa shape index (κ3) is 2.50. The lowest BCUT2D eigenvalue weighted by Crippen LogP contribution is -2.04. The summed E-state index contributed by atoms with van der Waals surface area (Å²) < 4.78 is 0.918. The van der Waals surface area contributed by atoms with Crippen LogP contribution in [0.5, 0.6) is 5.75 Å². The molecule has 0 saturated heterocycles. The number of rotatable bonds is 2. The van der Waals surface area contributed by atoms with Crippen molar-refractivity contribution in [3.05, 3.63) is 28.2 Å². The average Bonchev–Trinajstić information content (AvgIpc) is 1.96. The molecule has 1 aromatic rings. The third-order valence-electron chi connectivity index (χ3n) is 1.54. The fourth-order valence-electron chi connectivity index (χ4n) is 1.04. The summed E-state index contributed by atoms with van der Waals surface area (Å²) in [7, 11) is 0. The van der Waals surface area contributed by atoms with Crippen LogP contribution in [0.25, 0.3) is 0 Å². The summed E-state index contributed by atoms with van der Waals surface area (Å²) in [4.78, 5) is 0. The van der Waals surface area contributed by atoms with Crippen LogP contribution in [0.1, 0.15) is 12.5 Å². The molecule has 0 spiro atoms. The van der Waals surface area contributed by atoms with Gasteiger partial charge in [0, 0.05) is 4.47 Å². The van der Waals surface area contributed by atoms with Crippen LogP contribution in [0.15, 0.2) is 22.7 Å². The van der Waals surface area contributed by atoms with Gasteiger partial charge in [0.15, 0.2) is 0 Å². The van der Waals surface area contributed by atoms with Gasteiger partial charge in [-0.2, -0.15) is 0 Å². The summed E-state index contributed by atoms with van der Waals surface area (Å²) in [6.45, 7) is 1.72. The van der Waals surface area contributed by atoms with E-state index in [0.717, 1.165) is 10.0 Å². The molecule has 1 rings (SSSR count). The number of halogens is 1. The fraction of sp³-hybridized carbons (Fsp3) is 0.333. The van der Waals surface area contributed by atoms with E-state index in [9.17, 15) is 0 Å². The lowest BCUT2D eigenvalue weighted by atomic mass is 10.1. The number of phenolic OH excluding ortho intramolecular Hbond substituents is 1. The van der Waals surface area contributed by atoms with Gasteiger partial charge in [0.2, 0.25) is 0 Å². The number of aromatic hydroxyl groups is 1. The monoisotopic (exact) mass is 230 g/mol. The van der Waals surface area contributed by atoms with Crippen LogP contribution in [0.4, 0.5) is 0 Å². The standard InChI is InChI=1S/C9H11BrO2/c1-6(11)4-7-5-8(12)2-3-9(7)10/h2-3,5-6,11-12H,4H2,1H3. The molecule has 0 aliphatic heterocycles. The van der Waals surface area contributed by atoms with Crippen LogP contribution in [-0.2, 0) is 6.42 Å². The van der Waals surface area contributed by atoms with E-state index in [1.165, 1.54) is 0 Å². The Labute approximate surface area is 80.0 Å². The summed E-state index contributed by atoms with van der Waals surface area (Å²) >= 11 is 3.34. The van der Waals surface area contributed by atoms with Gasteiger partial charge in [-0.15, -0.1) is 0 Å². The number of phenols is 1. The maximum absolute atomic E-state index is 9.15. The molecule has 0 radical (unpaired) electrons. The molecule has 2 N–H and O–H groups in total. The van der Waals surface area contributed by atoms with Crippen molar-refractivity contribution in [1.29, 1.82) is 0 Å². The van der Waals surface area contributed by atoms with Gasteiger partial charge in [-0.25, -0.2) is 0 Å². The van der Waals surface area contributed by atoms with Crippen LogP contribution < -0.4 is 0 Å². The number of hydrogen-bond acceptors (Lipinski definition) is 2. The first kappa shape index (κ1) is 9.55. The van der Waals surface area contributed by atoms with Gasteiger partial charge in [0.1, 0.15) is 5.75 Å². The molecule has 1 aromatic carbocycles. The highest BCUT2D eigenvalue weighted by Gasteiger charge is 2.04. The van der Waals surface area contributed by atoms with Crippen molar-refractivity contribution in [3.8, 4) is 5.75 Å². The van der Waals surface area contributed by atoms with E-state index in [2.05, 4.69) is 15.9 Å². The Bertz CT molecular complexity index is 271. The minimum Gasteiger partial charge on any atom is -0.508 e. The molecule has 1 unspecified atom stereocenters. The zero-order valence-electron chi connectivity index (χ0n) is 6.79. The highest BCUT2D eigenvalue weighted by molar-refractivity contribution is 9.10. The second kappa shape index (κ2) is 3.92. The summed E-state index contributed by atoms with van der Waals surface area (Å²) in [5.41, 5.74) is 0.921. The van der Waals surface area contributed by atoms with Crippen LogP contribution in [0.2, 0.25) is 0 Å². The molecule has 1 atom stereocenters. The molecule has 0 aliphatic carbocycles. The molecule has 66 valence electrons. The van der Waals surface area contributed by atoms with Crippen molar-refractivity contribution < 1.29 is 10.2 Å². The highest BCUT2D eigenvalue weighted by atomic mass is 79.9. The molecule has 0 bridgehead atoms. The second-order valence-corrected chi connectivity index (χ2v) is 3.68. The quantitative estimate of drug-likeness (QED) is 0.817. The minimum atomic E-state index is -0.386. The van der Waals surface area contributed by atoms with E-state index in [1.807, 2.05) is 0 Å². The number of hydrogen-bond donors (Lipinski definition) is 2. The molecule has 0 saturated carbocycles. The molecular formula is C9H11BrO2. The van der Waals surface area contributed by atoms with Crippen molar-refractivity contribution in [3.63, 3.8) is 0 Å². The maximum Gasteiger partial charge on any atom is 0.115 e. The Hall–Kier alpha value is -0.540. The normalized spacial score (nSPS) is 12.9. The Morgan fingerprint density at radius 1 is 1.50 bits per heavy atom. The number of aliphatic hydroxyl groups excluding tert-OH is 1. The van der Waals surface area contributed by atoms with E-state index < -0.39 is 0 Å². The SMILES string of the molecule is CC(O)Cc1cc(O)ccc1Br. The van der Waals surface area contributed by atoms with Crippen LogP contribution in [0.3, 0.4) is 0 Å². The summed E-state index contributed by atoms with van der Waals surface area (Å²) in [5, 5.41) is 18.3. The molecule has 0 amide bonds. The molecule has 2 nitrogen and oxygen atoms in total. The van der Waals surface area contributed by atoms with E-state index in [4.69, 9.17) is 10.2 Å². The zero-order valence-corrected chi connectivity index (χ0v) is 8.37. The van der Waals surface area contributed by atoms with Crippen molar-refractivity contribution >= 4 is 15.9 Å². The van der Waals surface area contributed by atoms with E-state index in [0.29, 0.717) is 6.42 Å². The first-order valence-corrected chi connectivity index (χ1v) is 4.54. The topological polar surface area (TPSA) is 40.5 Å². The third-order valence-corrected chi connectivity index (χ3v) is 2.32. The van der Waals surface area contributed by atoms with Crippen molar-refractivity contribution in [2.75, 3.05) is 0 Å². The largest absolute Gasteiger partial charge is 0.508 e. The van der Waals surface area contributed by atoms with Gasteiger partial charge in [0.05, 0.1) is 6.10 Å². The fourth-order valence-corrected chi connectivity index (χ4v) is 1.44. The predicted octanol–water partition coefficient (Wildman–Crippen LogP) is 2.08. The van der Waals surface area contributed by atoms with Crippen LogP contribution in [0, 0.1) is 0 Å². The lowest BCUT2D eigenvalue weighted by Gasteiger charge is -2.06. The number of benzene rings is 1. The van der Waals surface area contributed by atoms with Gasteiger partial charge in [-0.3, -0.25) is 0 Å². The van der Waals surface area contributed by atoms with Crippen LogP contribution in [-0.4, -0.2) is 16.3 Å². The van der Waals surface area contributed by atoms with Crippen LogP contribution >= 0.6 is 15.9 Å². The first-order valence-electron chi connectivity index (χ1n) is 3.75. The Morgan fingerprint density at radius 3 is 2.75 bits per heavy atom. The van der Waals surface area contributed by atoms with Crippen molar-refractivity contribution in [2.45, 2.75) is 19.4 Å². The molecule has 12 heavy (non-hydrogen) atoms. The highest BCUT2D eigenvalue weighted by Crippen LogP contribution is 2.22. The van der Waals surface area contributed by atoms with E-state index in [1.54, 1.807) is 25.1 Å². The minimum absolute atomic E-state index is 0.230. The summed E-state index contributed by atoms with van der Waals surface area (Å²) in [5.74, 6) is 0.230. The maximum atomic E-state index is 9.15. The molecule has 0 heterocycles.